The van der Waals surface area contributed by atoms with Gasteiger partial charge in [-0.25, -0.2) is 0 Å². The highest BCUT2D eigenvalue weighted by Crippen LogP contribution is 2.22. The standard InChI is InChI=1S/C16H23N3O3/c1-11(19(2)10-15(20)17-12-8-9-12)16(21)18-13-6-4-5-7-14(13)22-3/h4-7,11-12H,8-10H2,1-3H3,(H,17,20)(H,18,21)/p+1/t11-/m1/s1. The predicted octanol–water partition coefficient (Wildman–Crippen LogP) is -0.184. The average molecular weight is 306 g/mol. The minimum atomic E-state index is -0.338. The molecule has 22 heavy (non-hydrogen) atoms. The number of anilines is 1. The zero-order valence-electron chi connectivity index (χ0n) is 13.3. The van der Waals surface area contributed by atoms with Crippen molar-refractivity contribution in [1.29, 1.82) is 0 Å². The number of likely N-dealkylation sites (N-methyl/N-ethyl adjacent to an activating group) is 1. The maximum Gasteiger partial charge on any atom is 0.282 e. The highest BCUT2D eigenvalue weighted by atomic mass is 16.5. The summed E-state index contributed by atoms with van der Waals surface area (Å²) in [4.78, 5) is 25.0. The van der Waals surface area contributed by atoms with E-state index in [1.807, 2.05) is 26.1 Å². The third-order valence-corrected chi connectivity index (χ3v) is 3.88. The summed E-state index contributed by atoms with van der Waals surface area (Å²) in [6, 6.07) is 7.27. The van der Waals surface area contributed by atoms with Crippen LogP contribution in [-0.2, 0) is 9.59 Å². The number of quaternary nitrogens is 1. The van der Waals surface area contributed by atoms with Crippen LogP contribution in [0.3, 0.4) is 0 Å². The number of nitrogens with one attached hydrogen (secondary N) is 3. The second-order valence-electron chi connectivity index (χ2n) is 5.78. The molecule has 1 aromatic carbocycles. The number of hydrogen-bond acceptors (Lipinski definition) is 3. The Balaban J connectivity index is 1.88. The molecule has 0 bridgehead atoms. The molecule has 120 valence electrons. The molecule has 3 N–H and O–H groups in total. The van der Waals surface area contributed by atoms with E-state index in [0.29, 0.717) is 17.5 Å². The topological polar surface area (TPSA) is 71.9 Å². The van der Waals surface area contributed by atoms with Gasteiger partial charge in [0.05, 0.1) is 19.8 Å². The third-order valence-electron chi connectivity index (χ3n) is 3.88. The molecule has 1 saturated carbocycles. The van der Waals surface area contributed by atoms with Crippen molar-refractivity contribution in [3.8, 4) is 5.75 Å². The van der Waals surface area contributed by atoms with Crippen molar-refractivity contribution in [3.63, 3.8) is 0 Å². The molecule has 0 spiro atoms. The highest BCUT2D eigenvalue weighted by molar-refractivity contribution is 5.95. The fourth-order valence-electron chi connectivity index (χ4n) is 2.13. The number of methoxy groups -OCH3 is 1. The van der Waals surface area contributed by atoms with E-state index in [2.05, 4.69) is 10.6 Å². The van der Waals surface area contributed by atoms with Crippen LogP contribution < -0.4 is 20.3 Å². The molecule has 2 amide bonds. The summed E-state index contributed by atoms with van der Waals surface area (Å²) >= 11 is 0. The van der Waals surface area contributed by atoms with Gasteiger partial charge in [0.1, 0.15) is 5.75 Å². The highest BCUT2D eigenvalue weighted by Gasteiger charge is 2.28. The summed E-state index contributed by atoms with van der Waals surface area (Å²) in [6.07, 6.45) is 2.13. The van der Waals surface area contributed by atoms with E-state index in [9.17, 15) is 9.59 Å². The first-order chi connectivity index (χ1) is 10.5. The Hall–Kier alpha value is -2.08. The number of rotatable bonds is 7. The largest absolute Gasteiger partial charge is 0.495 e. The van der Waals surface area contributed by atoms with Crippen molar-refractivity contribution in [1.82, 2.24) is 5.32 Å². The lowest BCUT2D eigenvalue weighted by Gasteiger charge is -2.21. The van der Waals surface area contributed by atoms with E-state index in [-0.39, 0.29) is 24.4 Å². The summed E-state index contributed by atoms with van der Waals surface area (Å²) in [7, 11) is 3.41. The molecule has 0 aromatic heterocycles. The first-order valence-corrected chi connectivity index (χ1v) is 7.56. The van der Waals surface area contributed by atoms with Gasteiger partial charge in [0.2, 0.25) is 0 Å². The first-order valence-electron chi connectivity index (χ1n) is 7.56. The van der Waals surface area contributed by atoms with E-state index < -0.39 is 0 Å². The van der Waals surface area contributed by atoms with E-state index in [1.165, 1.54) is 0 Å². The van der Waals surface area contributed by atoms with Crippen LogP contribution in [0.25, 0.3) is 0 Å². The molecule has 0 heterocycles. The molecule has 2 rings (SSSR count). The molecule has 0 saturated heterocycles. The van der Waals surface area contributed by atoms with Crippen LogP contribution in [0.1, 0.15) is 19.8 Å². The zero-order valence-corrected chi connectivity index (χ0v) is 13.3. The second-order valence-corrected chi connectivity index (χ2v) is 5.78. The second kappa shape index (κ2) is 7.26. The Morgan fingerprint density at radius 1 is 1.36 bits per heavy atom. The number of carbonyl (C=O) groups is 2. The Kier molecular flexibility index (Phi) is 5.38. The number of carbonyl (C=O) groups excluding carboxylic acids is 2. The van der Waals surface area contributed by atoms with Gasteiger partial charge < -0.3 is 20.3 Å². The maximum atomic E-state index is 12.3. The Morgan fingerprint density at radius 2 is 2.05 bits per heavy atom. The van der Waals surface area contributed by atoms with Gasteiger partial charge in [-0.2, -0.15) is 0 Å². The lowest BCUT2D eigenvalue weighted by molar-refractivity contribution is -0.885. The number of benzene rings is 1. The molecule has 0 radical (unpaired) electrons. The van der Waals surface area contributed by atoms with Crippen molar-refractivity contribution in [2.75, 3.05) is 26.0 Å². The molecular formula is C16H24N3O3+. The number of amides is 2. The van der Waals surface area contributed by atoms with E-state index in [4.69, 9.17) is 4.74 Å². The lowest BCUT2D eigenvalue weighted by Crippen LogP contribution is -3.15. The van der Waals surface area contributed by atoms with E-state index in [1.54, 1.807) is 19.2 Å². The minimum Gasteiger partial charge on any atom is -0.495 e. The van der Waals surface area contributed by atoms with Crippen molar-refractivity contribution >= 4 is 17.5 Å². The fraction of sp³-hybridized carbons (Fsp3) is 0.500. The average Bonchev–Trinajstić information content (AvgIpc) is 3.30. The minimum absolute atomic E-state index is 0.00283. The van der Waals surface area contributed by atoms with Crippen LogP contribution in [-0.4, -0.2) is 44.6 Å². The van der Waals surface area contributed by atoms with Crippen LogP contribution >= 0.6 is 0 Å². The van der Waals surface area contributed by atoms with Gasteiger partial charge in [0.25, 0.3) is 11.8 Å². The number of ether oxygens (including phenoxy) is 1. The van der Waals surface area contributed by atoms with Crippen LogP contribution in [0.5, 0.6) is 5.75 Å². The van der Waals surface area contributed by atoms with Crippen molar-refractivity contribution in [3.05, 3.63) is 24.3 Å². The molecule has 2 atom stereocenters. The van der Waals surface area contributed by atoms with Crippen LogP contribution in [0, 0.1) is 0 Å². The lowest BCUT2D eigenvalue weighted by atomic mass is 10.2. The summed E-state index contributed by atoms with van der Waals surface area (Å²) in [5.74, 6) is 0.477. The summed E-state index contributed by atoms with van der Waals surface area (Å²) in [6.45, 7) is 2.10. The molecule has 6 heteroatoms. The molecule has 1 aliphatic rings. The molecule has 6 nitrogen and oxygen atoms in total. The first kappa shape index (κ1) is 16.3. The predicted molar refractivity (Wildman–Crippen MR) is 84.0 cm³/mol. The quantitative estimate of drug-likeness (QED) is 0.654. The number of hydrogen-bond donors (Lipinski definition) is 3. The van der Waals surface area contributed by atoms with Crippen molar-refractivity contribution in [2.45, 2.75) is 31.8 Å². The Bertz CT molecular complexity index is 543. The normalized spacial score (nSPS) is 16.5. The Morgan fingerprint density at radius 3 is 2.68 bits per heavy atom. The Labute approximate surface area is 130 Å². The van der Waals surface area contributed by atoms with Crippen LogP contribution in [0.2, 0.25) is 0 Å². The smallest absolute Gasteiger partial charge is 0.282 e. The van der Waals surface area contributed by atoms with Gasteiger partial charge in [0.15, 0.2) is 12.6 Å². The fourth-order valence-corrected chi connectivity index (χ4v) is 2.13. The monoisotopic (exact) mass is 306 g/mol. The van der Waals surface area contributed by atoms with Gasteiger partial charge in [0, 0.05) is 6.04 Å². The van der Waals surface area contributed by atoms with Gasteiger partial charge in [-0.3, -0.25) is 9.59 Å². The molecular weight excluding hydrogens is 282 g/mol. The van der Waals surface area contributed by atoms with Gasteiger partial charge in [-0.1, -0.05) is 12.1 Å². The zero-order chi connectivity index (χ0) is 16.1. The van der Waals surface area contributed by atoms with Gasteiger partial charge in [-0.05, 0) is 31.9 Å². The number of para-hydroxylation sites is 2. The summed E-state index contributed by atoms with van der Waals surface area (Å²) in [5.41, 5.74) is 0.636. The van der Waals surface area contributed by atoms with Crippen LogP contribution in [0.4, 0.5) is 5.69 Å². The summed E-state index contributed by atoms with van der Waals surface area (Å²) in [5, 5.41) is 5.79. The molecule has 1 fully saturated rings. The van der Waals surface area contributed by atoms with Gasteiger partial charge >= 0.3 is 0 Å². The third kappa shape index (κ3) is 4.46. The van der Waals surface area contributed by atoms with Gasteiger partial charge in [-0.15, -0.1) is 0 Å². The van der Waals surface area contributed by atoms with Crippen molar-refractivity contribution in [2.24, 2.45) is 0 Å². The summed E-state index contributed by atoms with van der Waals surface area (Å²) < 4.78 is 5.22. The molecule has 1 aliphatic carbocycles. The molecule has 1 aromatic rings. The molecule has 1 unspecified atom stereocenters. The van der Waals surface area contributed by atoms with E-state index in [0.717, 1.165) is 17.7 Å². The maximum absolute atomic E-state index is 12.3. The van der Waals surface area contributed by atoms with Crippen LogP contribution in [0.15, 0.2) is 24.3 Å². The van der Waals surface area contributed by atoms with E-state index >= 15 is 0 Å². The van der Waals surface area contributed by atoms with Crippen molar-refractivity contribution < 1.29 is 19.2 Å². The molecule has 0 aliphatic heterocycles. The SMILES string of the molecule is COc1ccccc1NC(=O)[C@@H](C)[NH+](C)CC(=O)NC1CC1.